The van der Waals surface area contributed by atoms with Gasteiger partial charge in [0.2, 0.25) is 0 Å². The lowest BCUT2D eigenvalue weighted by atomic mass is 9.91. The monoisotopic (exact) mass is 299 g/mol. The fourth-order valence-corrected chi connectivity index (χ4v) is 3.56. The van der Waals surface area contributed by atoms with Crippen LogP contribution in [-0.4, -0.2) is 13.6 Å². The molecule has 0 saturated heterocycles. The third-order valence-corrected chi connectivity index (χ3v) is 4.90. The average Bonchev–Trinajstić information content (AvgIpc) is 2.97. The molecule has 0 aromatic carbocycles. The normalized spacial score (nSPS) is 17.0. The standard InChI is InChI=1S/C17H21N3S/c1-12(2)7-17(3,19-4)16-6-15(11-21-16)14-5-13(8-18)9-20-10-14/h5-6,10-11,19-20H,1,7,9H2,2-4H3/t17-/m0/s1. The van der Waals surface area contributed by atoms with Crippen LogP contribution in [0.1, 0.15) is 30.7 Å². The van der Waals surface area contributed by atoms with Gasteiger partial charge in [0.15, 0.2) is 0 Å². The van der Waals surface area contributed by atoms with E-state index >= 15 is 0 Å². The number of hydrogen-bond acceptors (Lipinski definition) is 4. The Kier molecular flexibility index (Phi) is 4.66. The highest BCUT2D eigenvalue weighted by atomic mass is 32.1. The average molecular weight is 299 g/mol. The molecule has 2 heterocycles. The van der Waals surface area contributed by atoms with E-state index < -0.39 is 0 Å². The highest BCUT2D eigenvalue weighted by Crippen LogP contribution is 2.34. The minimum absolute atomic E-state index is 0.0980. The lowest BCUT2D eigenvalue weighted by molar-refractivity contribution is 0.404. The number of rotatable bonds is 5. The van der Waals surface area contributed by atoms with E-state index in [1.54, 1.807) is 11.3 Å². The molecule has 4 heteroatoms. The quantitative estimate of drug-likeness (QED) is 0.818. The van der Waals surface area contributed by atoms with Crippen molar-refractivity contribution in [3.05, 3.63) is 51.9 Å². The minimum Gasteiger partial charge on any atom is -0.386 e. The Labute approximate surface area is 130 Å². The Morgan fingerprint density at radius 1 is 1.62 bits per heavy atom. The second-order valence-electron chi connectivity index (χ2n) is 5.68. The van der Waals surface area contributed by atoms with Crippen LogP contribution in [0.2, 0.25) is 0 Å². The maximum Gasteiger partial charge on any atom is 0.0966 e. The first-order valence-electron chi connectivity index (χ1n) is 6.95. The molecule has 21 heavy (non-hydrogen) atoms. The van der Waals surface area contributed by atoms with Crippen LogP contribution in [-0.2, 0) is 5.54 Å². The lowest BCUT2D eigenvalue weighted by Gasteiger charge is -2.28. The maximum absolute atomic E-state index is 9.02. The molecule has 3 nitrogen and oxygen atoms in total. The first kappa shape index (κ1) is 15.6. The summed E-state index contributed by atoms with van der Waals surface area (Å²) in [4.78, 5) is 1.28. The molecule has 2 rings (SSSR count). The Hall–Kier alpha value is -1.83. The van der Waals surface area contributed by atoms with Gasteiger partial charge in [-0.3, -0.25) is 0 Å². The molecule has 0 fully saturated rings. The van der Waals surface area contributed by atoms with Gasteiger partial charge in [-0.2, -0.15) is 5.26 Å². The van der Waals surface area contributed by atoms with Crippen LogP contribution in [0.5, 0.6) is 0 Å². The predicted molar refractivity (Wildman–Crippen MR) is 89.8 cm³/mol. The molecule has 1 aliphatic rings. The molecular formula is C17H21N3S. The number of hydrogen-bond donors (Lipinski definition) is 2. The molecule has 2 N–H and O–H groups in total. The number of dihydropyridines is 1. The fourth-order valence-electron chi connectivity index (χ4n) is 2.47. The third-order valence-electron chi connectivity index (χ3n) is 3.71. The molecule has 0 bridgehead atoms. The summed E-state index contributed by atoms with van der Waals surface area (Å²) in [5, 5.41) is 17.7. The molecule has 0 radical (unpaired) electrons. The van der Waals surface area contributed by atoms with Crippen LogP contribution in [0.3, 0.4) is 0 Å². The molecule has 1 atom stereocenters. The van der Waals surface area contributed by atoms with Crippen molar-refractivity contribution in [1.82, 2.24) is 10.6 Å². The summed E-state index contributed by atoms with van der Waals surface area (Å²) in [7, 11) is 1.98. The fraction of sp³-hybridized carbons (Fsp3) is 0.353. The second kappa shape index (κ2) is 6.30. The van der Waals surface area contributed by atoms with Gasteiger partial charge in [-0.25, -0.2) is 0 Å². The van der Waals surface area contributed by atoms with Gasteiger partial charge >= 0.3 is 0 Å². The Balaban J connectivity index is 2.30. The summed E-state index contributed by atoms with van der Waals surface area (Å²) in [5.74, 6) is 0. The van der Waals surface area contributed by atoms with Crippen molar-refractivity contribution < 1.29 is 0 Å². The summed E-state index contributed by atoms with van der Waals surface area (Å²) < 4.78 is 0. The number of nitrogens with one attached hydrogen (secondary N) is 2. The topological polar surface area (TPSA) is 47.8 Å². The Morgan fingerprint density at radius 3 is 3.00 bits per heavy atom. The first-order chi connectivity index (χ1) is 9.98. The maximum atomic E-state index is 9.02. The molecule has 1 aromatic rings. The van der Waals surface area contributed by atoms with Crippen molar-refractivity contribution in [2.45, 2.75) is 25.8 Å². The van der Waals surface area contributed by atoms with Gasteiger partial charge in [0, 0.05) is 23.2 Å². The molecule has 0 spiro atoms. The molecule has 0 saturated carbocycles. The van der Waals surface area contributed by atoms with E-state index in [9.17, 15) is 0 Å². The lowest BCUT2D eigenvalue weighted by Crippen LogP contribution is -2.36. The van der Waals surface area contributed by atoms with Gasteiger partial charge in [-0.05, 0) is 56.0 Å². The first-order valence-corrected chi connectivity index (χ1v) is 7.83. The molecule has 1 aromatic heterocycles. The van der Waals surface area contributed by atoms with Crippen molar-refractivity contribution in [3.8, 4) is 6.07 Å². The summed E-state index contributed by atoms with van der Waals surface area (Å²) in [6, 6.07) is 4.42. The summed E-state index contributed by atoms with van der Waals surface area (Å²) in [5.41, 5.74) is 4.04. The van der Waals surface area contributed by atoms with E-state index in [0.29, 0.717) is 6.54 Å². The highest BCUT2D eigenvalue weighted by Gasteiger charge is 2.26. The van der Waals surface area contributed by atoms with E-state index in [0.717, 1.165) is 28.7 Å². The van der Waals surface area contributed by atoms with E-state index in [-0.39, 0.29) is 5.54 Å². The van der Waals surface area contributed by atoms with Crippen LogP contribution in [0.15, 0.2) is 41.4 Å². The zero-order valence-electron chi connectivity index (χ0n) is 12.8. The zero-order chi connectivity index (χ0) is 15.5. The van der Waals surface area contributed by atoms with E-state index in [1.165, 1.54) is 4.88 Å². The van der Waals surface area contributed by atoms with Crippen molar-refractivity contribution in [2.75, 3.05) is 13.6 Å². The molecular weight excluding hydrogens is 278 g/mol. The smallest absolute Gasteiger partial charge is 0.0966 e. The number of nitrogens with zero attached hydrogens (tertiary/aromatic N) is 1. The van der Waals surface area contributed by atoms with Crippen molar-refractivity contribution in [2.24, 2.45) is 0 Å². The molecule has 0 aliphatic carbocycles. The molecule has 110 valence electrons. The van der Waals surface area contributed by atoms with E-state index in [1.807, 2.05) is 19.3 Å². The van der Waals surface area contributed by atoms with E-state index in [4.69, 9.17) is 5.26 Å². The summed E-state index contributed by atoms with van der Waals surface area (Å²) in [6.45, 7) is 8.89. The van der Waals surface area contributed by atoms with E-state index in [2.05, 4.69) is 48.6 Å². The van der Waals surface area contributed by atoms with Gasteiger partial charge in [-0.15, -0.1) is 17.9 Å². The van der Waals surface area contributed by atoms with Crippen molar-refractivity contribution >= 4 is 16.9 Å². The van der Waals surface area contributed by atoms with Gasteiger partial charge in [0.05, 0.1) is 11.6 Å². The molecule has 0 amide bonds. The largest absolute Gasteiger partial charge is 0.386 e. The van der Waals surface area contributed by atoms with Crippen LogP contribution in [0, 0.1) is 11.3 Å². The molecule has 0 unspecified atom stereocenters. The number of allylic oxidation sites excluding steroid dienone is 2. The third kappa shape index (κ3) is 3.44. The zero-order valence-corrected chi connectivity index (χ0v) is 13.6. The van der Waals surface area contributed by atoms with Crippen LogP contribution in [0.25, 0.3) is 5.57 Å². The van der Waals surface area contributed by atoms with Crippen LogP contribution >= 0.6 is 11.3 Å². The van der Waals surface area contributed by atoms with Gasteiger partial charge in [0.25, 0.3) is 0 Å². The van der Waals surface area contributed by atoms with Crippen molar-refractivity contribution in [1.29, 1.82) is 5.26 Å². The highest BCUT2D eigenvalue weighted by molar-refractivity contribution is 7.10. The second-order valence-corrected chi connectivity index (χ2v) is 6.59. The predicted octanol–water partition coefficient (Wildman–Crippen LogP) is 3.54. The van der Waals surface area contributed by atoms with Gasteiger partial charge < -0.3 is 10.6 Å². The Morgan fingerprint density at radius 2 is 2.38 bits per heavy atom. The summed E-state index contributed by atoms with van der Waals surface area (Å²) >= 11 is 1.74. The van der Waals surface area contributed by atoms with Crippen LogP contribution in [0.4, 0.5) is 0 Å². The minimum atomic E-state index is -0.0980. The van der Waals surface area contributed by atoms with Gasteiger partial charge in [0.1, 0.15) is 0 Å². The van der Waals surface area contributed by atoms with Crippen LogP contribution < -0.4 is 10.6 Å². The SMILES string of the molecule is C=C(C)C[C@](C)(NC)c1cc(C2=CNCC(C#N)=C2)cs1. The summed E-state index contributed by atoms with van der Waals surface area (Å²) in [6.07, 6.45) is 4.83. The number of thiophene rings is 1. The number of nitriles is 1. The van der Waals surface area contributed by atoms with Gasteiger partial charge in [-0.1, -0.05) is 5.57 Å². The van der Waals surface area contributed by atoms with Crippen molar-refractivity contribution in [3.63, 3.8) is 0 Å². The molecule has 1 aliphatic heterocycles. The Bertz CT molecular complexity index is 645.